The zero-order valence-electron chi connectivity index (χ0n) is 9.72. The van der Waals surface area contributed by atoms with Gasteiger partial charge in [-0.3, -0.25) is 5.32 Å². The smallest absolute Gasteiger partial charge is 0.176 e. The fourth-order valence-electron chi connectivity index (χ4n) is 1.79. The topological polar surface area (TPSA) is 98.2 Å². The molecule has 3 rings (SSSR count). The van der Waals surface area contributed by atoms with Crippen LogP contribution in [0.1, 0.15) is 18.4 Å². The van der Waals surface area contributed by atoms with Gasteiger partial charge < -0.3 is 15.5 Å². The van der Waals surface area contributed by atoms with E-state index in [0.29, 0.717) is 29.7 Å². The molecule has 94 valence electrons. The number of oxime groups is 1. The maximum Gasteiger partial charge on any atom is 0.176 e. The molecule has 7 nitrogen and oxygen atoms in total. The van der Waals surface area contributed by atoms with Crippen LogP contribution in [0.15, 0.2) is 23.7 Å². The van der Waals surface area contributed by atoms with Crippen LogP contribution in [0.5, 0.6) is 0 Å². The minimum absolute atomic E-state index is 0.391. The zero-order valence-corrected chi connectivity index (χ0v) is 9.72. The molecule has 0 aliphatic heterocycles. The first-order valence-corrected chi connectivity index (χ1v) is 5.86. The van der Waals surface area contributed by atoms with E-state index in [4.69, 9.17) is 5.21 Å². The molecule has 2 aromatic rings. The quantitative estimate of drug-likeness (QED) is 0.206. The molecule has 0 atom stereocenters. The van der Waals surface area contributed by atoms with E-state index in [9.17, 15) is 0 Å². The van der Waals surface area contributed by atoms with E-state index in [-0.39, 0.29) is 0 Å². The molecule has 0 amide bonds. The van der Waals surface area contributed by atoms with E-state index in [0.717, 1.165) is 5.56 Å². The number of H-pyrrole nitrogens is 1. The summed E-state index contributed by atoms with van der Waals surface area (Å²) < 4.78 is 0. The molecule has 1 aliphatic carbocycles. The summed E-state index contributed by atoms with van der Waals surface area (Å²) in [5, 5.41) is 18.7. The summed E-state index contributed by atoms with van der Waals surface area (Å²) in [5.74, 6) is 0.391. The van der Waals surface area contributed by atoms with Crippen LogP contribution in [0.25, 0.3) is 11.2 Å². The summed E-state index contributed by atoms with van der Waals surface area (Å²) in [6, 6.07) is 2.36. The van der Waals surface area contributed by atoms with Crippen molar-refractivity contribution in [2.75, 3.05) is 6.67 Å². The lowest BCUT2D eigenvalue weighted by Gasteiger charge is -2.09. The van der Waals surface area contributed by atoms with Crippen molar-refractivity contribution < 1.29 is 5.21 Å². The van der Waals surface area contributed by atoms with Crippen molar-refractivity contribution >= 4 is 17.0 Å². The average molecular weight is 246 g/mol. The Morgan fingerprint density at radius 1 is 1.50 bits per heavy atom. The van der Waals surface area contributed by atoms with Gasteiger partial charge in [-0.1, -0.05) is 5.16 Å². The number of rotatable bonds is 4. The molecule has 18 heavy (non-hydrogen) atoms. The highest BCUT2D eigenvalue weighted by Gasteiger charge is 2.20. The summed E-state index contributed by atoms with van der Waals surface area (Å²) in [5.41, 5.74) is 2.08. The summed E-state index contributed by atoms with van der Waals surface area (Å²) >= 11 is 0. The Kier molecular flexibility index (Phi) is 2.81. The van der Waals surface area contributed by atoms with Crippen LogP contribution in [0.2, 0.25) is 0 Å². The maximum atomic E-state index is 9.10. The van der Waals surface area contributed by atoms with Crippen molar-refractivity contribution in [1.29, 1.82) is 0 Å². The van der Waals surface area contributed by atoms with E-state index < -0.39 is 0 Å². The number of pyridine rings is 1. The monoisotopic (exact) mass is 246 g/mol. The molecule has 2 heterocycles. The van der Waals surface area contributed by atoms with E-state index >= 15 is 0 Å². The molecule has 7 heteroatoms. The molecule has 2 aromatic heterocycles. The second-order valence-corrected chi connectivity index (χ2v) is 4.24. The van der Waals surface area contributed by atoms with Gasteiger partial charge in [-0.15, -0.1) is 0 Å². The number of aromatic amines is 1. The second-order valence-electron chi connectivity index (χ2n) is 4.24. The molecule has 1 fully saturated rings. The van der Waals surface area contributed by atoms with Crippen molar-refractivity contribution in [3.05, 3.63) is 24.2 Å². The van der Waals surface area contributed by atoms with Crippen LogP contribution in [0.4, 0.5) is 0 Å². The second kappa shape index (κ2) is 4.61. The molecule has 0 aromatic carbocycles. The Bertz CT molecular complexity index is 574. The Hall–Kier alpha value is -2.15. The molecule has 1 saturated carbocycles. The zero-order chi connectivity index (χ0) is 12.4. The van der Waals surface area contributed by atoms with Crippen LogP contribution in [-0.2, 0) is 0 Å². The SMILES string of the molecule is ON=C(NCNC1CC1)c1ccnc2[nH]cnc12. The van der Waals surface area contributed by atoms with Gasteiger partial charge in [0.25, 0.3) is 0 Å². The van der Waals surface area contributed by atoms with Gasteiger partial charge in [0.15, 0.2) is 11.5 Å². The number of nitrogens with one attached hydrogen (secondary N) is 3. The van der Waals surface area contributed by atoms with Crippen molar-refractivity contribution in [2.24, 2.45) is 5.16 Å². The Labute approximate surface area is 103 Å². The molecule has 0 saturated heterocycles. The van der Waals surface area contributed by atoms with E-state index in [1.165, 1.54) is 12.8 Å². The van der Waals surface area contributed by atoms with Crippen molar-refractivity contribution in [3.8, 4) is 0 Å². The lowest BCUT2D eigenvalue weighted by atomic mass is 10.2. The predicted octanol–water partition coefficient (Wildman–Crippen LogP) is 0.393. The van der Waals surface area contributed by atoms with Gasteiger partial charge in [0.05, 0.1) is 18.6 Å². The Morgan fingerprint density at radius 3 is 3.17 bits per heavy atom. The number of aromatic nitrogens is 3. The van der Waals surface area contributed by atoms with Gasteiger partial charge in [-0.25, -0.2) is 9.97 Å². The number of imidazole rings is 1. The summed E-state index contributed by atoms with van der Waals surface area (Å²) in [7, 11) is 0. The van der Waals surface area contributed by atoms with Crippen LogP contribution in [0, 0.1) is 0 Å². The number of fused-ring (bicyclic) bond motifs is 1. The maximum absolute atomic E-state index is 9.10. The number of amidine groups is 1. The molecule has 0 bridgehead atoms. The van der Waals surface area contributed by atoms with Gasteiger partial charge >= 0.3 is 0 Å². The van der Waals surface area contributed by atoms with Gasteiger partial charge in [0.2, 0.25) is 0 Å². The third-order valence-corrected chi connectivity index (χ3v) is 2.90. The molecule has 0 spiro atoms. The van der Waals surface area contributed by atoms with Gasteiger partial charge in [-0.2, -0.15) is 0 Å². The fourth-order valence-corrected chi connectivity index (χ4v) is 1.79. The van der Waals surface area contributed by atoms with Gasteiger partial charge in [0, 0.05) is 12.2 Å². The lowest BCUT2D eigenvalue weighted by molar-refractivity contribution is 0.316. The molecular formula is C11H14N6O. The summed E-state index contributed by atoms with van der Waals surface area (Å²) in [4.78, 5) is 11.2. The summed E-state index contributed by atoms with van der Waals surface area (Å²) in [6.07, 6.45) is 5.65. The first-order chi connectivity index (χ1) is 8.88. The summed E-state index contributed by atoms with van der Waals surface area (Å²) in [6.45, 7) is 0.568. The van der Waals surface area contributed by atoms with Crippen molar-refractivity contribution in [3.63, 3.8) is 0 Å². The van der Waals surface area contributed by atoms with Crippen LogP contribution in [0.3, 0.4) is 0 Å². The van der Waals surface area contributed by atoms with Crippen LogP contribution >= 0.6 is 0 Å². The van der Waals surface area contributed by atoms with Crippen LogP contribution in [-0.4, -0.2) is 38.7 Å². The van der Waals surface area contributed by atoms with E-state index in [1.54, 1.807) is 18.6 Å². The highest BCUT2D eigenvalue weighted by Crippen LogP contribution is 2.18. The molecular weight excluding hydrogens is 232 g/mol. The normalized spacial score (nSPS) is 16.1. The minimum Gasteiger partial charge on any atom is -0.409 e. The highest BCUT2D eigenvalue weighted by molar-refractivity contribution is 6.06. The van der Waals surface area contributed by atoms with E-state index in [1.807, 2.05) is 0 Å². The Balaban J connectivity index is 1.79. The Morgan fingerprint density at radius 2 is 2.39 bits per heavy atom. The first kappa shape index (κ1) is 11.0. The molecule has 0 unspecified atom stereocenters. The average Bonchev–Trinajstić information content (AvgIpc) is 3.09. The number of hydrogen-bond acceptors (Lipinski definition) is 5. The largest absolute Gasteiger partial charge is 0.409 e. The van der Waals surface area contributed by atoms with Gasteiger partial charge in [-0.05, 0) is 18.9 Å². The van der Waals surface area contributed by atoms with Crippen molar-refractivity contribution in [2.45, 2.75) is 18.9 Å². The predicted molar refractivity (Wildman–Crippen MR) is 66.4 cm³/mol. The lowest BCUT2D eigenvalue weighted by Crippen LogP contribution is -2.35. The molecule has 0 radical (unpaired) electrons. The van der Waals surface area contributed by atoms with Crippen molar-refractivity contribution in [1.82, 2.24) is 25.6 Å². The minimum atomic E-state index is 0.391. The van der Waals surface area contributed by atoms with Crippen LogP contribution < -0.4 is 10.6 Å². The highest BCUT2D eigenvalue weighted by atomic mass is 16.4. The molecule has 4 N–H and O–H groups in total. The fraction of sp³-hybridized carbons (Fsp3) is 0.364. The molecule has 1 aliphatic rings. The van der Waals surface area contributed by atoms with Gasteiger partial charge in [0.1, 0.15) is 5.52 Å². The third-order valence-electron chi connectivity index (χ3n) is 2.90. The number of nitrogens with zero attached hydrogens (tertiary/aromatic N) is 3. The third kappa shape index (κ3) is 2.12. The first-order valence-electron chi connectivity index (χ1n) is 5.86. The number of hydrogen-bond donors (Lipinski definition) is 4. The standard InChI is InChI=1S/C11H14N6O/c18-17-10(15-5-13-7-1-2-7)8-3-4-12-11-9(8)14-6-16-11/h3-4,6-7,13,18H,1-2,5H2,(H,15,17)(H,12,14,16). The van der Waals surface area contributed by atoms with E-state index in [2.05, 4.69) is 30.7 Å².